The minimum atomic E-state index is -0.487. The standard InChI is InChI=1S/C30H36FN5O2S/c1-3-35-16-22(27(37)21-11-23(31)25(12-24(21)35)36-6-4-34(2)5-7-36)28(38)33-29-32-26(17-39-29)30-13-18-8-19(14-30)10-20(9-18)15-30/h11-12,16-20H,3-10,13-15H2,1-2H3,(H,32,33,38). The molecule has 0 radical (unpaired) electrons. The van der Waals surface area contributed by atoms with Crippen LogP contribution in [-0.4, -0.2) is 53.6 Å². The number of rotatable bonds is 5. The highest BCUT2D eigenvalue weighted by atomic mass is 32.1. The number of fused-ring (bicyclic) bond motifs is 1. The number of piperazine rings is 1. The van der Waals surface area contributed by atoms with Gasteiger partial charge in [0.15, 0.2) is 5.13 Å². The molecule has 1 aromatic carbocycles. The fourth-order valence-electron chi connectivity index (χ4n) is 8.28. The van der Waals surface area contributed by atoms with E-state index in [4.69, 9.17) is 4.98 Å². The van der Waals surface area contributed by atoms with Gasteiger partial charge in [0.1, 0.15) is 11.4 Å². The number of likely N-dealkylation sites (N-methyl/N-ethyl adjacent to an activating group) is 1. The highest BCUT2D eigenvalue weighted by Gasteiger charge is 2.52. The molecule has 1 saturated heterocycles. The summed E-state index contributed by atoms with van der Waals surface area (Å²) in [6.45, 7) is 5.70. The fraction of sp³-hybridized carbons (Fsp3) is 0.567. The Balaban J connectivity index is 1.17. The van der Waals surface area contributed by atoms with Gasteiger partial charge in [-0.3, -0.25) is 14.9 Å². The molecule has 0 unspecified atom stereocenters. The van der Waals surface area contributed by atoms with Gasteiger partial charge in [-0.2, -0.15) is 0 Å². The topological polar surface area (TPSA) is 70.5 Å². The fourth-order valence-corrected chi connectivity index (χ4v) is 9.10. The second kappa shape index (κ2) is 9.41. The molecule has 206 valence electrons. The molecule has 9 heteroatoms. The number of carbonyl (C=O) groups excluding carboxylic acids is 1. The lowest BCUT2D eigenvalue weighted by atomic mass is 9.49. The van der Waals surface area contributed by atoms with Crippen molar-refractivity contribution in [1.82, 2.24) is 14.5 Å². The van der Waals surface area contributed by atoms with Gasteiger partial charge in [-0.05, 0) is 82.4 Å². The first-order chi connectivity index (χ1) is 18.8. The van der Waals surface area contributed by atoms with Gasteiger partial charge in [0.2, 0.25) is 5.43 Å². The summed E-state index contributed by atoms with van der Waals surface area (Å²) in [7, 11) is 2.06. The third kappa shape index (κ3) is 4.29. The second-order valence-electron chi connectivity index (χ2n) is 12.5. The van der Waals surface area contributed by atoms with E-state index in [2.05, 4.69) is 22.6 Å². The third-order valence-electron chi connectivity index (χ3n) is 9.88. The van der Waals surface area contributed by atoms with E-state index >= 15 is 4.39 Å². The van der Waals surface area contributed by atoms with Crippen molar-refractivity contribution in [1.29, 1.82) is 0 Å². The van der Waals surface area contributed by atoms with Crippen molar-refractivity contribution in [2.45, 2.75) is 57.4 Å². The Labute approximate surface area is 232 Å². The molecule has 2 aromatic heterocycles. The number of aromatic nitrogens is 2. The van der Waals surface area contributed by atoms with Gasteiger partial charge >= 0.3 is 0 Å². The number of halogens is 1. The summed E-state index contributed by atoms with van der Waals surface area (Å²) in [5.41, 5.74) is 1.99. The first-order valence-corrected chi connectivity index (χ1v) is 15.3. The summed E-state index contributed by atoms with van der Waals surface area (Å²) >= 11 is 1.44. The Kier molecular flexibility index (Phi) is 6.08. The van der Waals surface area contributed by atoms with Crippen LogP contribution < -0.4 is 15.6 Å². The van der Waals surface area contributed by atoms with Crippen LogP contribution in [0.4, 0.5) is 15.2 Å². The number of benzene rings is 1. The molecule has 4 saturated carbocycles. The largest absolute Gasteiger partial charge is 0.367 e. The van der Waals surface area contributed by atoms with E-state index in [0.717, 1.165) is 49.6 Å². The quantitative estimate of drug-likeness (QED) is 0.480. The van der Waals surface area contributed by atoms with Crippen LogP contribution in [0.1, 0.15) is 61.5 Å². The van der Waals surface area contributed by atoms with Gasteiger partial charge in [0, 0.05) is 55.1 Å². The van der Waals surface area contributed by atoms with Gasteiger partial charge in [-0.1, -0.05) is 0 Å². The number of aryl methyl sites for hydroxylation is 1. The van der Waals surface area contributed by atoms with Crippen LogP contribution in [0, 0.1) is 23.6 Å². The van der Waals surface area contributed by atoms with Crippen molar-refractivity contribution >= 4 is 39.0 Å². The van der Waals surface area contributed by atoms with E-state index in [1.807, 2.05) is 16.4 Å². The second-order valence-corrected chi connectivity index (χ2v) is 13.3. The molecule has 1 amide bonds. The zero-order valence-corrected chi connectivity index (χ0v) is 23.5. The Morgan fingerprint density at radius 2 is 1.77 bits per heavy atom. The monoisotopic (exact) mass is 549 g/mol. The molecule has 0 spiro atoms. The number of nitrogens with one attached hydrogen (secondary N) is 1. The SMILES string of the molecule is CCn1cc(C(=O)Nc2nc(C34CC5CC(CC(C5)C3)C4)cs2)c(=O)c2cc(F)c(N3CCN(C)CC3)cc21. The minimum absolute atomic E-state index is 0.0163. The van der Waals surface area contributed by atoms with Crippen molar-refractivity contribution in [3.05, 3.63) is 51.0 Å². The first kappa shape index (κ1) is 25.2. The highest BCUT2D eigenvalue weighted by molar-refractivity contribution is 7.14. The summed E-state index contributed by atoms with van der Waals surface area (Å²) in [4.78, 5) is 36.0. The number of thiazole rings is 1. The molecule has 0 atom stereocenters. The average Bonchev–Trinajstić information content (AvgIpc) is 3.38. The summed E-state index contributed by atoms with van der Waals surface area (Å²) in [5, 5.41) is 5.77. The number of hydrogen-bond donors (Lipinski definition) is 1. The lowest BCUT2D eigenvalue weighted by Gasteiger charge is -2.56. The van der Waals surface area contributed by atoms with E-state index in [1.165, 1.54) is 55.9 Å². The molecular formula is C30H36FN5O2S. The van der Waals surface area contributed by atoms with Gasteiger partial charge in [0.25, 0.3) is 5.91 Å². The molecule has 3 aromatic rings. The van der Waals surface area contributed by atoms with Crippen LogP contribution in [0.25, 0.3) is 10.9 Å². The van der Waals surface area contributed by atoms with Crippen LogP contribution in [0.3, 0.4) is 0 Å². The Morgan fingerprint density at radius 1 is 1.10 bits per heavy atom. The van der Waals surface area contributed by atoms with E-state index in [0.29, 0.717) is 22.9 Å². The zero-order valence-electron chi connectivity index (χ0n) is 22.7. The Bertz CT molecular complexity index is 1470. The predicted molar refractivity (Wildman–Crippen MR) is 153 cm³/mol. The molecule has 4 bridgehead atoms. The maximum absolute atomic E-state index is 15.3. The molecule has 7 nitrogen and oxygen atoms in total. The molecule has 1 N–H and O–H groups in total. The van der Waals surface area contributed by atoms with Gasteiger partial charge in [-0.15, -0.1) is 11.3 Å². The van der Waals surface area contributed by atoms with Gasteiger partial charge < -0.3 is 14.4 Å². The maximum Gasteiger partial charge on any atom is 0.262 e. The third-order valence-corrected chi connectivity index (χ3v) is 10.6. The van der Waals surface area contributed by atoms with Crippen molar-refractivity contribution in [3.8, 4) is 0 Å². The van der Waals surface area contributed by atoms with Crippen LogP contribution in [0.15, 0.2) is 28.5 Å². The summed E-state index contributed by atoms with van der Waals surface area (Å²) in [6.07, 6.45) is 9.36. The molecule has 3 heterocycles. The highest BCUT2D eigenvalue weighted by Crippen LogP contribution is 2.60. The van der Waals surface area contributed by atoms with Crippen LogP contribution in [0.2, 0.25) is 0 Å². The molecular weight excluding hydrogens is 513 g/mol. The molecule has 8 rings (SSSR count). The molecule has 4 aliphatic carbocycles. The Morgan fingerprint density at radius 3 is 2.41 bits per heavy atom. The average molecular weight is 550 g/mol. The van der Waals surface area contributed by atoms with E-state index in [1.54, 1.807) is 12.3 Å². The first-order valence-electron chi connectivity index (χ1n) is 14.4. The smallest absolute Gasteiger partial charge is 0.262 e. The van der Waals surface area contributed by atoms with Crippen molar-refractivity contribution in [2.75, 3.05) is 43.4 Å². The van der Waals surface area contributed by atoms with Crippen LogP contribution in [0.5, 0.6) is 0 Å². The lowest BCUT2D eigenvalue weighted by molar-refractivity contribution is -0.00688. The summed E-state index contributed by atoms with van der Waals surface area (Å²) < 4.78 is 17.2. The predicted octanol–water partition coefficient (Wildman–Crippen LogP) is 5.09. The van der Waals surface area contributed by atoms with Crippen molar-refractivity contribution in [3.63, 3.8) is 0 Å². The minimum Gasteiger partial charge on any atom is -0.367 e. The zero-order chi connectivity index (χ0) is 26.9. The van der Waals surface area contributed by atoms with E-state index in [-0.39, 0.29) is 16.4 Å². The summed E-state index contributed by atoms with van der Waals surface area (Å²) in [5.74, 6) is 1.54. The molecule has 39 heavy (non-hydrogen) atoms. The number of anilines is 2. The van der Waals surface area contributed by atoms with Crippen LogP contribution >= 0.6 is 11.3 Å². The van der Waals surface area contributed by atoms with Crippen molar-refractivity contribution < 1.29 is 9.18 Å². The molecule has 1 aliphatic heterocycles. The number of amides is 1. The Hall–Kier alpha value is -2.78. The number of carbonyl (C=O) groups is 1. The van der Waals surface area contributed by atoms with Gasteiger partial charge in [0.05, 0.1) is 16.9 Å². The van der Waals surface area contributed by atoms with Gasteiger partial charge in [-0.25, -0.2) is 9.37 Å². The van der Waals surface area contributed by atoms with E-state index < -0.39 is 17.2 Å². The maximum atomic E-state index is 15.3. The molecule has 5 fully saturated rings. The molecule has 5 aliphatic rings. The van der Waals surface area contributed by atoms with Crippen LogP contribution in [-0.2, 0) is 12.0 Å². The normalized spacial score (nSPS) is 28.4. The number of pyridine rings is 1. The summed E-state index contributed by atoms with van der Waals surface area (Å²) in [6, 6.07) is 3.07. The van der Waals surface area contributed by atoms with E-state index in [9.17, 15) is 9.59 Å². The van der Waals surface area contributed by atoms with Crippen molar-refractivity contribution in [2.24, 2.45) is 17.8 Å². The number of nitrogens with zero attached hydrogens (tertiary/aromatic N) is 4. The number of hydrogen-bond acceptors (Lipinski definition) is 6. The lowest BCUT2D eigenvalue weighted by Crippen LogP contribution is -2.48.